The Morgan fingerprint density at radius 1 is 1.08 bits per heavy atom. The minimum atomic E-state index is 0.408. The average Bonchev–Trinajstić information content (AvgIpc) is 2.54. The second-order valence-electron chi connectivity index (χ2n) is 4.87. The lowest BCUT2D eigenvalue weighted by Crippen LogP contribution is -2.54. The summed E-state index contributed by atoms with van der Waals surface area (Å²) in [5, 5.41) is 0. The number of fused-ring (bicyclic) bond motifs is 2. The summed E-state index contributed by atoms with van der Waals surface area (Å²) in [7, 11) is 0. The van der Waals surface area contributed by atoms with Crippen LogP contribution in [0.5, 0.6) is 0 Å². The van der Waals surface area contributed by atoms with Crippen LogP contribution in [-0.4, -0.2) is 12.2 Å². The molecule has 12 heavy (non-hydrogen) atoms. The van der Waals surface area contributed by atoms with Gasteiger partial charge in [0.1, 0.15) is 0 Å². The number of rotatable bonds is 0. The smallest absolute Gasteiger partial charge is 0.0716 e. The third-order valence-electron chi connectivity index (χ3n) is 4.33. The maximum absolute atomic E-state index is 5.95. The van der Waals surface area contributed by atoms with Crippen molar-refractivity contribution < 1.29 is 4.74 Å². The fraction of sp³-hybridized carbons (Fsp3) is 1.00. The molecule has 2 aliphatic carbocycles. The number of hydrogen-bond donors (Lipinski definition) is 0. The van der Waals surface area contributed by atoms with Crippen molar-refractivity contribution in [2.75, 3.05) is 6.61 Å². The molecule has 3 atom stereocenters. The van der Waals surface area contributed by atoms with Gasteiger partial charge in [-0.1, -0.05) is 12.8 Å². The van der Waals surface area contributed by atoms with Crippen LogP contribution in [0.4, 0.5) is 0 Å². The van der Waals surface area contributed by atoms with Crippen LogP contribution in [-0.2, 0) is 4.74 Å². The summed E-state index contributed by atoms with van der Waals surface area (Å²) in [6, 6.07) is 0. The first-order valence-electron chi connectivity index (χ1n) is 5.55. The molecule has 1 heterocycles. The topological polar surface area (TPSA) is 9.23 Å². The fourth-order valence-electron chi connectivity index (χ4n) is 3.75. The normalized spacial score (nSPS) is 52.0. The minimum Gasteiger partial charge on any atom is -0.375 e. The second kappa shape index (κ2) is 2.47. The van der Waals surface area contributed by atoms with Crippen molar-refractivity contribution in [1.29, 1.82) is 0 Å². The van der Waals surface area contributed by atoms with Gasteiger partial charge in [-0.05, 0) is 43.9 Å². The van der Waals surface area contributed by atoms with Gasteiger partial charge in [0.2, 0.25) is 0 Å². The van der Waals surface area contributed by atoms with Gasteiger partial charge in [-0.3, -0.25) is 0 Å². The molecule has 2 unspecified atom stereocenters. The van der Waals surface area contributed by atoms with Crippen LogP contribution in [0.1, 0.15) is 44.9 Å². The molecule has 0 aromatic carbocycles. The summed E-state index contributed by atoms with van der Waals surface area (Å²) in [6.45, 7) is 1.04. The molecule has 0 N–H and O–H groups in total. The van der Waals surface area contributed by atoms with Gasteiger partial charge in [-0.25, -0.2) is 0 Å². The maximum Gasteiger partial charge on any atom is 0.0716 e. The van der Waals surface area contributed by atoms with Gasteiger partial charge >= 0.3 is 0 Å². The van der Waals surface area contributed by atoms with Crippen LogP contribution in [0.3, 0.4) is 0 Å². The Hall–Kier alpha value is -0.0400. The lowest BCUT2D eigenvalue weighted by Gasteiger charge is -2.55. The first kappa shape index (κ1) is 7.37. The zero-order chi connectivity index (χ0) is 8.02. The molecular formula is C11H18O. The van der Waals surface area contributed by atoms with E-state index in [1.54, 1.807) is 0 Å². The molecule has 1 spiro atoms. The van der Waals surface area contributed by atoms with E-state index in [9.17, 15) is 0 Å². The SMILES string of the molecule is C1CCC2C(C1)C[C@]21CCCO1. The summed E-state index contributed by atoms with van der Waals surface area (Å²) in [5.74, 6) is 2.02. The highest BCUT2D eigenvalue weighted by Crippen LogP contribution is 2.57. The van der Waals surface area contributed by atoms with Crippen LogP contribution < -0.4 is 0 Å². The number of ether oxygens (including phenoxy) is 1. The average molecular weight is 166 g/mol. The molecule has 1 saturated heterocycles. The van der Waals surface area contributed by atoms with Crippen molar-refractivity contribution in [1.82, 2.24) is 0 Å². The third kappa shape index (κ3) is 0.834. The van der Waals surface area contributed by atoms with Crippen LogP contribution in [0.25, 0.3) is 0 Å². The predicted molar refractivity (Wildman–Crippen MR) is 48.0 cm³/mol. The zero-order valence-electron chi connectivity index (χ0n) is 7.72. The van der Waals surface area contributed by atoms with E-state index in [-0.39, 0.29) is 0 Å². The monoisotopic (exact) mass is 166 g/mol. The van der Waals surface area contributed by atoms with E-state index in [1.165, 1.54) is 44.9 Å². The first-order chi connectivity index (χ1) is 5.91. The van der Waals surface area contributed by atoms with E-state index in [4.69, 9.17) is 4.74 Å². The van der Waals surface area contributed by atoms with Gasteiger partial charge < -0.3 is 4.74 Å². The maximum atomic E-state index is 5.95. The summed E-state index contributed by atoms with van der Waals surface area (Å²) in [4.78, 5) is 0. The Bertz CT molecular complexity index is 181. The van der Waals surface area contributed by atoms with Crippen molar-refractivity contribution >= 4 is 0 Å². The highest BCUT2D eigenvalue weighted by Gasteiger charge is 2.56. The molecule has 0 amide bonds. The second-order valence-corrected chi connectivity index (χ2v) is 4.87. The van der Waals surface area contributed by atoms with E-state index < -0.39 is 0 Å². The van der Waals surface area contributed by atoms with E-state index >= 15 is 0 Å². The molecule has 3 rings (SSSR count). The van der Waals surface area contributed by atoms with E-state index in [2.05, 4.69) is 0 Å². The summed E-state index contributed by atoms with van der Waals surface area (Å²) >= 11 is 0. The van der Waals surface area contributed by atoms with Crippen molar-refractivity contribution in [3.8, 4) is 0 Å². The summed E-state index contributed by atoms with van der Waals surface area (Å²) < 4.78 is 5.95. The molecule has 3 fully saturated rings. The quantitative estimate of drug-likeness (QED) is 0.537. The molecule has 0 bridgehead atoms. The summed E-state index contributed by atoms with van der Waals surface area (Å²) in [6.07, 6.45) is 10.00. The molecule has 2 saturated carbocycles. The molecule has 0 aromatic rings. The zero-order valence-corrected chi connectivity index (χ0v) is 7.72. The van der Waals surface area contributed by atoms with Crippen molar-refractivity contribution in [3.05, 3.63) is 0 Å². The van der Waals surface area contributed by atoms with Gasteiger partial charge in [0.15, 0.2) is 0 Å². The van der Waals surface area contributed by atoms with Gasteiger partial charge in [0.25, 0.3) is 0 Å². The lowest BCUT2D eigenvalue weighted by molar-refractivity contribution is -0.162. The molecular weight excluding hydrogens is 148 g/mol. The molecule has 3 aliphatic rings. The standard InChI is InChI=1S/C11H18O/c1-2-5-10-9(4-1)8-11(10)6-3-7-12-11/h9-10H,1-8H2/t9?,10?,11-/m1/s1. The van der Waals surface area contributed by atoms with Gasteiger partial charge in [-0.15, -0.1) is 0 Å². The Labute approximate surface area is 74.5 Å². The Morgan fingerprint density at radius 2 is 2.00 bits per heavy atom. The van der Waals surface area contributed by atoms with E-state index in [0.717, 1.165) is 18.4 Å². The highest BCUT2D eigenvalue weighted by molar-refractivity contribution is 5.06. The summed E-state index contributed by atoms with van der Waals surface area (Å²) in [5.41, 5.74) is 0.408. The van der Waals surface area contributed by atoms with E-state index in [1.807, 2.05) is 0 Å². The van der Waals surface area contributed by atoms with Crippen molar-refractivity contribution in [3.63, 3.8) is 0 Å². The molecule has 0 radical (unpaired) electrons. The van der Waals surface area contributed by atoms with Crippen LogP contribution in [0.2, 0.25) is 0 Å². The van der Waals surface area contributed by atoms with Crippen molar-refractivity contribution in [2.45, 2.75) is 50.5 Å². The van der Waals surface area contributed by atoms with Gasteiger partial charge in [-0.2, -0.15) is 0 Å². The van der Waals surface area contributed by atoms with Crippen LogP contribution in [0.15, 0.2) is 0 Å². The Balaban J connectivity index is 1.75. The van der Waals surface area contributed by atoms with Gasteiger partial charge in [0, 0.05) is 6.61 Å². The fourth-order valence-corrected chi connectivity index (χ4v) is 3.75. The molecule has 1 aliphatic heterocycles. The molecule has 0 aromatic heterocycles. The van der Waals surface area contributed by atoms with Crippen molar-refractivity contribution in [2.24, 2.45) is 11.8 Å². The van der Waals surface area contributed by atoms with Gasteiger partial charge in [0.05, 0.1) is 5.60 Å². The minimum absolute atomic E-state index is 0.408. The molecule has 1 nitrogen and oxygen atoms in total. The van der Waals surface area contributed by atoms with E-state index in [0.29, 0.717) is 5.60 Å². The molecule has 1 heteroatoms. The Morgan fingerprint density at radius 3 is 2.75 bits per heavy atom. The predicted octanol–water partition coefficient (Wildman–Crippen LogP) is 2.75. The highest BCUT2D eigenvalue weighted by atomic mass is 16.5. The lowest BCUT2D eigenvalue weighted by atomic mass is 9.55. The van der Waals surface area contributed by atoms with Crippen LogP contribution >= 0.6 is 0 Å². The first-order valence-corrected chi connectivity index (χ1v) is 5.55. The molecule has 68 valence electrons. The van der Waals surface area contributed by atoms with Crippen LogP contribution in [0, 0.1) is 11.8 Å². The largest absolute Gasteiger partial charge is 0.375 e. The Kier molecular flexibility index (Phi) is 1.52. The number of hydrogen-bond acceptors (Lipinski definition) is 1. The third-order valence-corrected chi connectivity index (χ3v) is 4.33.